The summed E-state index contributed by atoms with van der Waals surface area (Å²) in [6.07, 6.45) is 2.91. The van der Waals surface area contributed by atoms with Crippen LogP contribution in [0.15, 0.2) is 108 Å². The number of nitrogens with one attached hydrogen (secondary N) is 2. The number of methoxy groups -OCH3 is 1. The molecule has 10 heteroatoms. The summed E-state index contributed by atoms with van der Waals surface area (Å²) in [5.41, 5.74) is 5.04. The third-order valence-corrected chi connectivity index (χ3v) is 6.08. The van der Waals surface area contributed by atoms with E-state index in [2.05, 4.69) is 15.8 Å². The Bertz CT molecular complexity index is 1670. The maximum absolute atomic E-state index is 13.5. The monoisotopic (exact) mass is 580 g/mol. The summed E-state index contributed by atoms with van der Waals surface area (Å²) in [6.45, 7) is 0. The number of carbonyl (C=O) groups excluding carboxylic acids is 3. The van der Waals surface area contributed by atoms with Gasteiger partial charge in [0.15, 0.2) is 11.5 Å². The van der Waals surface area contributed by atoms with Gasteiger partial charge in [-0.15, -0.1) is 0 Å². The Hall–Kier alpha value is -5.77. The molecule has 2 N–H and O–H groups in total. The van der Waals surface area contributed by atoms with Gasteiger partial charge in [0.1, 0.15) is 11.5 Å². The number of hydrogen-bond acceptors (Lipinski definition) is 7. The maximum atomic E-state index is 13.5. The summed E-state index contributed by atoms with van der Waals surface area (Å²) in [5, 5.41) is 6.68. The van der Waals surface area contributed by atoms with E-state index in [4.69, 9.17) is 9.47 Å². The number of ether oxygens (including phenoxy) is 2. The highest BCUT2D eigenvalue weighted by atomic mass is 19.1. The first kappa shape index (κ1) is 30.2. The fraction of sp³-hybridized carbons (Fsp3) is 0.0909. The molecule has 4 rings (SSSR count). The Morgan fingerprint density at radius 1 is 0.814 bits per heavy atom. The van der Waals surface area contributed by atoms with Crippen LogP contribution in [0.2, 0.25) is 0 Å². The van der Waals surface area contributed by atoms with Crippen molar-refractivity contribution in [1.82, 2.24) is 10.7 Å². The predicted molar refractivity (Wildman–Crippen MR) is 163 cm³/mol. The Kier molecular flexibility index (Phi) is 9.99. The van der Waals surface area contributed by atoms with Gasteiger partial charge in [0, 0.05) is 25.3 Å². The zero-order chi connectivity index (χ0) is 30.8. The van der Waals surface area contributed by atoms with Gasteiger partial charge >= 0.3 is 5.97 Å². The largest absolute Gasteiger partial charge is 0.493 e. The van der Waals surface area contributed by atoms with Crippen LogP contribution >= 0.6 is 0 Å². The molecule has 0 atom stereocenters. The fourth-order valence-corrected chi connectivity index (χ4v) is 3.83. The van der Waals surface area contributed by atoms with E-state index in [9.17, 15) is 18.8 Å². The van der Waals surface area contributed by atoms with E-state index >= 15 is 0 Å². The Morgan fingerprint density at radius 2 is 1.51 bits per heavy atom. The van der Waals surface area contributed by atoms with Crippen molar-refractivity contribution in [1.29, 1.82) is 0 Å². The number of nitrogens with zero attached hydrogens (tertiary/aromatic N) is 2. The van der Waals surface area contributed by atoms with Gasteiger partial charge < -0.3 is 19.7 Å². The van der Waals surface area contributed by atoms with Crippen LogP contribution in [0, 0.1) is 5.82 Å². The van der Waals surface area contributed by atoms with E-state index in [0.29, 0.717) is 16.7 Å². The topological polar surface area (TPSA) is 109 Å². The van der Waals surface area contributed by atoms with Gasteiger partial charge in [-0.25, -0.2) is 14.6 Å². The number of benzene rings is 4. The highest BCUT2D eigenvalue weighted by molar-refractivity contribution is 6.05. The first-order chi connectivity index (χ1) is 20.7. The zero-order valence-corrected chi connectivity index (χ0v) is 23.7. The van der Waals surface area contributed by atoms with E-state index in [0.717, 1.165) is 11.8 Å². The first-order valence-electron chi connectivity index (χ1n) is 13.1. The second-order valence-electron chi connectivity index (χ2n) is 9.37. The maximum Gasteiger partial charge on any atom is 0.343 e. The van der Waals surface area contributed by atoms with Crippen molar-refractivity contribution in [2.24, 2.45) is 5.10 Å². The Balaban J connectivity index is 1.49. The molecular formula is C33H29FN4O5. The van der Waals surface area contributed by atoms with Crippen LogP contribution in [0.3, 0.4) is 0 Å². The van der Waals surface area contributed by atoms with E-state index in [1.54, 1.807) is 48.5 Å². The van der Waals surface area contributed by atoms with Gasteiger partial charge in [-0.2, -0.15) is 5.10 Å². The highest BCUT2D eigenvalue weighted by Crippen LogP contribution is 2.28. The number of anilines is 1. The molecule has 9 nitrogen and oxygen atoms in total. The number of hydrazone groups is 1. The average Bonchev–Trinajstić information content (AvgIpc) is 3.01. The third kappa shape index (κ3) is 8.37. The van der Waals surface area contributed by atoms with Crippen molar-refractivity contribution in [3.05, 3.63) is 131 Å². The van der Waals surface area contributed by atoms with Crippen LogP contribution in [0.1, 0.15) is 31.8 Å². The summed E-state index contributed by atoms with van der Waals surface area (Å²) in [7, 11) is 5.24. The Labute approximate surface area is 248 Å². The van der Waals surface area contributed by atoms with E-state index in [1.807, 2.05) is 43.3 Å². The van der Waals surface area contributed by atoms with Crippen LogP contribution < -0.4 is 25.1 Å². The molecule has 0 saturated heterocycles. The second kappa shape index (κ2) is 14.2. The third-order valence-electron chi connectivity index (χ3n) is 6.08. The first-order valence-corrected chi connectivity index (χ1v) is 13.1. The molecule has 43 heavy (non-hydrogen) atoms. The van der Waals surface area contributed by atoms with Crippen LogP contribution in [0.25, 0.3) is 6.08 Å². The molecule has 0 aliphatic carbocycles. The molecule has 0 spiro atoms. The van der Waals surface area contributed by atoms with Crippen molar-refractivity contribution in [3.63, 3.8) is 0 Å². The summed E-state index contributed by atoms with van der Waals surface area (Å²) < 4.78 is 24.2. The lowest BCUT2D eigenvalue weighted by Crippen LogP contribution is -2.32. The van der Waals surface area contributed by atoms with Crippen LogP contribution in [0.5, 0.6) is 11.5 Å². The van der Waals surface area contributed by atoms with Crippen molar-refractivity contribution >= 4 is 35.8 Å². The molecule has 0 aromatic heterocycles. The number of esters is 1. The van der Waals surface area contributed by atoms with E-state index in [-0.39, 0.29) is 22.8 Å². The lowest BCUT2D eigenvalue weighted by atomic mass is 10.1. The van der Waals surface area contributed by atoms with Crippen molar-refractivity contribution < 1.29 is 28.2 Å². The molecular weight excluding hydrogens is 551 g/mol. The number of hydrogen-bond donors (Lipinski definition) is 2. The normalized spacial score (nSPS) is 11.1. The number of amides is 2. The number of halogens is 1. The standard InChI is InChI=1S/C33H29FN4O5/c1-38(2)27-15-12-22(13-16-27)18-28(36-31(39)24-8-5-4-6-9-24)32(40)37-35-21-23-14-17-29(30(19-23)42-3)43-33(41)25-10-7-11-26(34)20-25/h4-21H,1-3H3,(H,36,39)(H,37,40)/b28-18-,35-21+. The fourth-order valence-electron chi connectivity index (χ4n) is 3.83. The van der Waals surface area contributed by atoms with Crippen molar-refractivity contribution in [3.8, 4) is 11.5 Å². The summed E-state index contributed by atoms with van der Waals surface area (Å²) in [6, 6.07) is 25.7. The van der Waals surface area contributed by atoms with Gasteiger partial charge in [-0.05, 0) is 77.9 Å². The lowest BCUT2D eigenvalue weighted by molar-refractivity contribution is -0.117. The smallest absolute Gasteiger partial charge is 0.343 e. The van der Waals surface area contributed by atoms with Crippen LogP contribution in [-0.2, 0) is 4.79 Å². The molecule has 0 fully saturated rings. The molecule has 0 bridgehead atoms. The molecule has 0 radical (unpaired) electrons. The van der Waals surface area contributed by atoms with Gasteiger partial charge in [0.05, 0.1) is 18.9 Å². The van der Waals surface area contributed by atoms with Gasteiger partial charge in [0.25, 0.3) is 11.8 Å². The molecule has 0 aliphatic heterocycles. The average molecular weight is 581 g/mol. The van der Waals surface area contributed by atoms with Crippen molar-refractivity contribution in [2.75, 3.05) is 26.1 Å². The predicted octanol–water partition coefficient (Wildman–Crippen LogP) is 5.04. The van der Waals surface area contributed by atoms with Crippen LogP contribution in [0.4, 0.5) is 10.1 Å². The molecule has 2 amide bonds. The van der Waals surface area contributed by atoms with Gasteiger partial charge in [-0.3, -0.25) is 9.59 Å². The number of carbonyl (C=O) groups is 3. The summed E-state index contributed by atoms with van der Waals surface area (Å²) >= 11 is 0. The molecule has 4 aromatic rings. The SMILES string of the molecule is COc1cc(/C=N/NC(=O)/C(=C/c2ccc(N(C)C)cc2)NC(=O)c2ccccc2)ccc1OC(=O)c1cccc(F)c1. The molecule has 0 saturated carbocycles. The Morgan fingerprint density at radius 3 is 2.19 bits per heavy atom. The molecule has 218 valence electrons. The molecule has 0 heterocycles. The van der Waals surface area contributed by atoms with E-state index in [1.165, 1.54) is 37.6 Å². The molecule has 4 aromatic carbocycles. The molecule has 0 aliphatic rings. The molecule has 0 unspecified atom stereocenters. The minimum absolute atomic E-state index is 0.0132. The quantitative estimate of drug-likeness (QED) is 0.0895. The summed E-state index contributed by atoms with van der Waals surface area (Å²) in [4.78, 5) is 40.3. The lowest BCUT2D eigenvalue weighted by Gasteiger charge is -2.13. The summed E-state index contributed by atoms with van der Waals surface area (Å²) in [5.74, 6) is -2.08. The second-order valence-corrected chi connectivity index (χ2v) is 9.37. The van der Waals surface area contributed by atoms with E-state index < -0.39 is 23.6 Å². The van der Waals surface area contributed by atoms with Crippen molar-refractivity contribution in [2.45, 2.75) is 0 Å². The number of rotatable bonds is 10. The highest BCUT2D eigenvalue weighted by Gasteiger charge is 2.16. The zero-order valence-electron chi connectivity index (χ0n) is 23.7. The van der Waals surface area contributed by atoms with Gasteiger partial charge in [-0.1, -0.05) is 36.4 Å². The minimum Gasteiger partial charge on any atom is -0.493 e. The van der Waals surface area contributed by atoms with Gasteiger partial charge in [0.2, 0.25) is 0 Å². The van der Waals surface area contributed by atoms with Crippen LogP contribution in [-0.4, -0.2) is 45.2 Å². The minimum atomic E-state index is -0.750.